The van der Waals surface area contributed by atoms with E-state index in [4.69, 9.17) is 10.5 Å². The maximum absolute atomic E-state index is 11.5. The van der Waals surface area contributed by atoms with Crippen molar-refractivity contribution >= 4 is 11.4 Å². The first kappa shape index (κ1) is 15.6. The largest absolute Gasteiger partial charge is 0.487 e. The number of nitrogens with zero attached hydrogens (tertiary/aromatic N) is 2. The molecular weight excluding hydrogens is 270 g/mol. The molecule has 1 heterocycles. The van der Waals surface area contributed by atoms with Crippen LogP contribution in [0, 0.1) is 10.1 Å². The smallest absolute Gasteiger partial charge is 0.333 e. The summed E-state index contributed by atoms with van der Waals surface area (Å²) in [4.78, 5) is 13.3. The fourth-order valence-electron chi connectivity index (χ4n) is 3.01. The summed E-state index contributed by atoms with van der Waals surface area (Å²) in [5, 5.41) is 11.5. The summed E-state index contributed by atoms with van der Waals surface area (Å²) in [6.45, 7) is 3.67. The molecule has 0 spiro atoms. The summed E-state index contributed by atoms with van der Waals surface area (Å²) in [7, 11) is 0. The fourth-order valence-corrected chi connectivity index (χ4v) is 3.01. The molecule has 0 amide bonds. The molecule has 0 aromatic heterocycles. The Hall–Kier alpha value is -1.82. The predicted octanol–water partition coefficient (Wildman–Crippen LogP) is 2.70. The van der Waals surface area contributed by atoms with Crippen LogP contribution in [0.15, 0.2) is 18.2 Å². The third-order valence-electron chi connectivity index (χ3n) is 3.90. The molecule has 1 atom stereocenters. The van der Waals surface area contributed by atoms with E-state index in [1.165, 1.54) is 0 Å². The van der Waals surface area contributed by atoms with Crippen LogP contribution in [0.4, 0.5) is 11.4 Å². The molecule has 1 aliphatic rings. The van der Waals surface area contributed by atoms with Gasteiger partial charge in [0.2, 0.25) is 0 Å². The highest BCUT2D eigenvalue weighted by Gasteiger charge is 2.30. The minimum atomic E-state index is -0.339. The van der Waals surface area contributed by atoms with Crippen LogP contribution in [-0.2, 0) is 0 Å². The van der Waals surface area contributed by atoms with Crippen molar-refractivity contribution in [3.05, 3.63) is 28.3 Å². The zero-order chi connectivity index (χ0) is 15.2. The lowest BCUT2D eigenvalue weighted by molar-refractivity contribution is -0.385. The highest BCUT2D eigenvalue weighted by Crippen LogP contribution is 2.40. The van der Waals surface area contributed by atoms with Gasteiger partial charge in [0, 0.05) is 12.6 Å². The molecule has 1 aromatic rings. The molecule has 116 valence electrons. The molecule has 0 bridgehead atoms. The van der Waals surface area contributed by atoms with E-state index >= 15 is 0 Å². The molecule has 6 heteroatoms. The molecule has 2 rings (SSSR count). The van der Waals surface area contributed by atoms with Crippen molar-refractivity contribution in [2.45, 2.75) is 38.6 Å². The average molecular weight is 293 g/mol. The molecule has 2 N–H and O–H groups in total. The van der Waals surface area contributed by atoms with E-state index in [1.807, 2.05) is 19.1 Å². The van der Waals surface area contributed by atoms with Gasteiger partial charge in [-0.3, -0.25) is 10.1 Å². The molecule has 1 aromatic carbocycles. The van der Waals surface area contributed by atoms with Crippen molar-refractivity contribution in [3.63, 3.8) is 0 Å². The lowest BCUT2D eigenvalue weighted by Gasteiger charge is -2.37. The molecule has 1 saturated heterocycles. The normalized spacial score (nSPS) is 18.6. The Morgan fingerprint density at radius 1 is 1.48 bits per heavy atom. The number of anilines is 1. The van der Waals surface area contributed by atoms with Gasteiger partial charge in [-0.15, -0.1) is 0 Å². The van der Waals surface area contributed by atoms with E-state index in [9.17, 15) is 10.1 Å². The van der Waals surface area contributed by atoms with Crippen molar-refractivity contribution in [2.24, 2.45) is 5.73 Å². The fraction of sp³-hybridized carbons (Fsp3) is 0.600. The van der Waals surface area contributed by atoms with Crippen molar-refractivity contribution in [2.75, 3.05) is 24.6 Å². The summed E-state index contributed by atoms with van der Waals surface area (Å²) in [5.41, 5.74) is 6.42. The number of para-hydroxylation sites is 1. The van der Waals surface area contributed by atoms with Crippen LogP contribution < -0.4 is 15.4 Å². The third-order valence-corrected chi connectivity index (χ3v) is 3.90. The first-order valence-electron chi connectivity index (χ1n) is 7.56. The Morgan fingerprint density at radius 3 is 2.95 bits per heavy atom. The van der Waals surface area contributed by atoms with Crippen LogP contribution in [0.2, 0.25) is 0 Å². The maximum atomic E-state index is 11.5. The number of nitro benzene ring substituents is 1. The van der Waals surface area contributed by atoms with Gasteiger partial charge < -0.3 is 15.4 Å². The maximum Gasteiger partial charge on any atom is 0.333 e. The lowest BCUT2D eigenvalue weighted by atomic mass is 9.98. The molecular formula is C15H23N3O3. The van der Waals surface area contributed by atoms with Crippen molar-refractivity contribution in [1.29, 1.82) is 0 Å². The van der Waals surface area contributed by atoms with Crippen LogP contribution in [-0.4, -0.2) is 30.7 Å². The Bertz CT molecular complexity index is 491. The second kappa shape index (κ2) is 7.26. The topological polar surface area (TPSA) is 81.6 Å². The van der Waals surface area contributed by atoms with Crippen molar-refractivity contribution in [1.82, 2.24) is 0 Å². The van der Waals surface area contributed by atoms with Crippen LogP contribution in [0.3, 0.4) is 0 Å². The zero-order valence-electron chi connectivity index (χ0n) is 12.5. The van der Waals surface area contributed by atoms with Gasteiger partial charge >= 0.3 is 5.69 Å². The molecule has 6 nitrogen and oxygen atoms in total. The Balaban J connectivity index is 2.40. The number of piperidine rings is 1. The summed E-state index contributed by atoms with van der Waals surface area (Å²) < 4.78 is 5.43. The Labute approximate surface area is 125 Å². The van der Waals surface area contributed by atoms with E-state index in [2.05, 4.69) is 4.90 Å². The third kappa shape index (κ3) is 3.44. The number of ether oxygens (including phenoxy) is 1. The lowest BCUT2D eigenvalue weighted by Crippen LogP contribution is -2.41. The molecule has 0 saturated carbocycles. The van der Waals surface area contributed by atoms with Crippen LogP contribution >= 0.6 is 0 Å². The zero-order valence-corrected chi connectivity index (χ0v) is 12.5. The van der Waals surface area contributed by atoms with Gasteiger partial charge in [0.05, 0.1) is 11.5 Å². The molecule has 1 unspecified atom stereocenters. The molecule has 1 aliphatic heterocycles. The summed E-state index contributed by atoms with van der Waals surface area (Å²) in [5.74, 6) is 0.345. The minimum absolute atomic E-state index is 0.0725. The van der Waals surface area contributed by atoms with E-state index in [-0.39, 0.29) is 16.7 Å². The van der Waals surface area contributed by atoms with Gasteiger partial charge in [-0.2, -0.15) is 0 Å². The Kier molecular flexibility index (Phi) is 5.38. The first-order chi connectivity index (χ1) is 10.2. The van der Waals surface area contributed by atoms with Crippen LogP contribution in [0.5, 0.6) is 5.75 Å². The molecule has 21 heavy (non-hydrogen) atoms. The number of nitro groups is 1. The Morgan fingerprint density at radius 2 is 2.29 bits per heavy atom. The second-order valence-electron chi connectivity index (χ2n) is 5.23. The first-order valence-corrected chi connectivity index (χ1v) is 7.56. The van der Waals surface area contributed by atoms with Crippen LogP contribution in [0.25, 0.3) is 0 Å². The van der Waals surface area contributed by atoms with Gasteiger partial charge in [-0.05, 0) is 51.3 Å². The number of rotatable bonds is 6. The number of hydrogen-bond acceptors (Lipinski definition) is 5. The number of benzene rings is 1. The van der Waals surface area contributed by atoms with E-state index < -0.39 is 0 Å². The standard InChI is InChI=1S/C15H23N3O3/c1-2-21-14-8-5-7-13(15(14)18(19)20)17-11-4-3-6-12(17)9-10-16/h5,7-8,12H,2-4,6,9-11,16H2,1H3. The van der Waals surface area contributed by atoms with Crippen molar-refractivity contribution in [3.8, 4) is 5.75 Å². The summed E-state index contributed by atoms with van der Waals surface area (Å²) >= 11 is 0. The van der Waals surface area contributed by atoms with Gasteiger partial charge in [0.15, 0.2) is 5.75 Å². The van der Waals surface area contributed by atoms with Crippen LogP contribution in [0.1, 0.15) is 32.6 Å². The molecule has 1 fully saturated rings. The predicted molar refractivity (Wildman–Crippen MR) is 82.9 cm³/mol. The summed E-state index contributed by atoms with van der Waals surface area (Å²) in [6.07, 6.45) is 4.10. The van der Waals surface area contributed by atoms with E-state index in [0.29, 0.717) is 24.6 Å². The number of hydrogen-bond donors (Lipinski definition) is 1. The summed E-state index contributed by atoms with van der Waals surface area (Å²) in [6, 6.07) is 5.57. The van der Waals surface area contributed by atoms with Gasteiger partial charge in [-0.1, -0.05) is 6.07 Å². The van der Waals surface area contributed by atoms with E-state index in [1.54, 1.807) is 6.07 Å². The van der Waals surface area contributed by atoms with Gasteiger partial charge in [-0.25, -0.2) is 0 Å². The number of nitrogens with two attached hydrogens (primary N) is 1. The van der Waals surface area contributed by atoms with Crippen molar-refractivity contribution < 1.29 is 9.66 Å². The highest BCUT2D eigenvalue weighted by atomic mass is 16.6. The molecule has 0 radical (unpaired) electrons. The minimum Gasteiger partial charge on any atom is -0.487 e. The monoisotopic (exact) mass is 293 g/mol. The van der Waals surface area contributed by atoms with E-state index in [0.717, 1.165) is 32.2 Å². The highest BCUT2D eigenvalue weighted by molar-refractivity contribution is 5.70. The second-order valence-corrected chi connectivity index (χ2v) is 5.23. The molecule has 0 aliphatic carbocycles. The quantitative estimate of drug-likeness (QED) is 0.644. The SMILES string of the molecule is CCOc1cccc(N2CCCCC2CCN)c1[N+](=O)[O-]. The van der Waals surface area contributed by atoms with Gasteiger partial charge in [0.25, 0.3) is 0 Å². The van der Waals surface area contributed by atoms with Gasteiger partial charge in [0.1, 0.15) is 5.69 Å². The average Bonchev–Trinajstić information content (AvgIpc) is 2.48.